The summed E-state index contributed by atoms with van der Waals surface area (Å²) in [6.45, 7) is -0.165. The lowest BCUT2D eigenvalue weighted by atomic mass is 10.0. The summed E-state index contributed by atoms with van der Waals surface area (Å²) >= 11 is 0. The van der Waals surface area contributed by atoms with Gasteiger partial charge in [-0.1, -0.05) is 70.1 Å². The van der Waals surface area contributed by atoms with Crippen molar-refractivity contribution in [1.29, 1.82) is 5.41 Å². The summed E-state index contributed by atoms with van der Waals surface area (Å²) in [5, 5.41) is 41.9. The quantitative estimate of drug-likeness (QED) is 0.0240. The third-order valence-electron chi connectivity index (χ3n) is 12.1. The number of amides is 10. The molecule has 2 fully saturated rings. The number of nitrogens with one attached hydrogen (secondary N) is 11. The topological polar surface area (TPSA) is 406 Å². The summed E-state index contributed by atoms with van der Waals surface area (Å²) in [4.78, 5) is 145. The maximum Gasteiger partial charge on any atom is 0.325 e. The average molecular weight is 1060 g/mol. The highest BCUT2D eigenvalue weighted by Gasteiger charge is 2.41. The van der Waals surface area contributed by atoms with Crippen molar-refractivity contribution in [2.24, 2.45) is 16.5 Å². The van der Waals surface area contributed by atoms with E-state index in [4.69, 9.17) is 16.9 Å². The number of aromatic amines is 1. The van der Waals surface area contributed by atoms with Crippen molar-refractivity contribution in [1.82, 2.24) is 57.7 Å². The molecular weight excluding hydrogens is 1000 g/mol. The van der Waals surface area contributed by atoms with Gasteiger partial charge in [-0.15, -0.1) is 0 Å². The Bertz CT molecular complexity index is 2600. The van der Waals surface area contributed by atoms with Crippen LogP contribution in [0.5, 0.6) is 0 Å². The summed E-state index contributed by atoms with van der Waals surface area (Å²) in [6.07, 6.45) is 1.61. The maximum absolute atomic E-state index is 14.7. The molecule has 0 radical (unpaired) electrons. The molecule has 3 aliphatic heterocycles. The van der Waals surface area contributed by atoms with Crippen LogP contribution in [0.4, 0.5) is 4.79 Å². The Morgan fingerprint density at radius 3 is 2.01 bits per heavy atom. The Hall–Kier alpha value is -7.88. The number of rotatable bonds is 15. The number of carbonyl (C=O) groups is 10. The number of carboxylic acids is 1. The predicted octanol–water partition coefficient (Wildman–Crippen LogP) is -2.82. The molecule has 0 saturated carbocycles. The minimum Gasteiger partial charge on any atom is -0.481 e. The fraction of sp³-hybridized carbons (Fsp3) is 0.435. The number of aliphatic imine (C=N–C) groups is 1. The number of benzene rings is 2. The van der Waals surface area contributed by atoms with E-state index in [9.17, 15) is 53.1 Å². The molecule has 8 atom stereocenters. The Morgan fingerprint density at radius 1 is 0.743 bits per heavy atom. The predicted molar refractivity (Wildman–Crippen MR) is 273 cm³/mol. The van der Waals surface area contributed by atoms with Gasteiger partial charge in [-0.05, 0) is 42.9 Å². The summed E-state index contributed by atoms with van der Waals surface area (Å²) in [7, 11) is 1.84. The number of aromatic nitrogens is 1. The van der Waals surface area contributed by atoms with E-state index in [1.165, 1.54) is 6.34 Å². The van der Waals surface area contributed by atoms with Crippen molar-refractivity contribution < 1.29 is 53.1 Å². The number of guanidine groups is 1. The van der Waals surface area contributed by atoms with Crippen LogP contribution in [0.2, 0.25) is 0 Å². The summed E-state index contributed by atoms with van der Waals surface area (Å²) in [6, 6.07) is 3.98. The Morgan fingerprint density at radius 2 is 1.35 bits per heavy atom. The molecule has 2 aromatic carbocycles. The standard InChI is InChI=1S/C46H59N15O11S2/c47-38(65)34-21-73-74-22-35(61-36(62)20-53-46(61)72)44(71)56-30(12-13-37(63)64)40(67)59-33(17-26-19-50-23-54-26)43(70)57-31(15-24-7-2-1-3-8-24)41(68)55-29(11-6-14-51-45(48)49)39(66)58-32(42(69)60-34)16-25-18-52-28-10-5-4-9-27(25)28/h1-5,7-10,18,23,26,29-35,52H,6,11-17,19-22H2,(H2,47,65)(H,50,54)(H,53,72)(H,55,68)(H,56,71)(H,57,70)(H,58,66)(H,59,67)(H,60,69)(H,63,64)(H4,48,49,51)/t26?,29-,30-,31+,32-,33-,34-,35-/m0/s1. The van der Waals surface area contributed by atoms with Gasteiger partial charge in [-0.25, -0.2) is 9.69 Å². The first-order chi connectivity index (χ1) is 35.5. The van der Waals surface area contributed by atoms with E-state index in [0.717, 1.165) is 32.5 Å². The van der Waals surface area contributed by atoms with E-state index < -0.39 is 127 Å². The SMILES string of the molecule is N=C(N)NCCC[C@@H]1NC(=O)[C@@H](Cc2ccccc2)NC(=O)[C@H](CC2CN=CN2)NC(=O)[C@H](CCC(=O)O)NC(=O)[C@@H](N2C(=O)CNC2=O)CSSC[C@@H](C(N)=O)NC(=O)[C@H](Cc2c[nH]c3ccccc23)NC1=O. The highest BCUT2D eigenvalue weighted by Crippen LogP contribution is 2.26. The van der Waals surface area contributed by atoms with Gasteiger partial charge in [0, 0.05) is 60.5 Å². The van der Waals surface area contributed by atoms with Gasteiger partial charge in [0.25, 0.3) is 5.91 Å². The van der Waals surface area contributed by atoms with Crippen molar-refractivity contribution in [2.45, 2.75) is 93.3 Å². The zero-order chi connectivity index (χ0) is 53.3. The number of carbonyl (C=O) groups excluding carboxylic acids is 9. The first-order valence-electron chi connectivity index (χ1n) is 23.6. The molecule has 74 heavy (non-hydrogen) atoms. The van der Waals surface area contributed by atoms with Crippen LogP contribution in [0.3, 0.4) is 0 Å². The highest BCUT2D eigenvalue weighted by molar-refractivity contribution is 8.76. The van der Waals surface area contributed by atoms with E-state index in [1.54, 1.807) is 48.7 Å². The molecule has 3 aliphatic rings. The summed E-state index contributed by atoms with van der Waals surface area (Å²) in [5.74, 6) is -9.50. The Labute approximate surface area is 431 Å². The van der Waals surface area contributed by atoms with E-state index in [1.807, 2.05) is 12.1 Å². The molecule has 0 bridgehead atoms. The van der Waals surface area contributed by atoms with E-state index in [-0.39, 0.29) is 62.7 Å². The smallest absolute Gasteiger partial charge is 0.325 e. The molecular formula is C46H59N15O11S2. The van der Waals surface area contributed by atoms with Crippen LogP contribution in [0.25, 0.3) is 10.9 Å². The molecule has 396 valence electrons. The van der Waals surface area contributed by atoms with Gasteiger partial charge in [-0.3, -0.25) is 53.6 Å². The fourth-order valence-electron chi connectivity index (χ4n) is 8.24. The molecule has 28 heteroatoms. The number of imide groups is 1. The second-order valence-corrected chi connectivity index (χ2v) is 20.1. The fourth-order valence-corrected chi connectivity index (χ4v) is 10.6. The van der Waals surface area contributed by atoms with E-state index in [2.05, 4.69) is 57.8 Å². The largest absolute Gasteiger partial charge is 0.481 e. The molecule has 0 spiro atoms. The molecule has 0 aliphatic carbocycles. The third kappa shape index (κ3) is 15.8. The van der Waals surface area contributed by atoms with Gasteiger partial charge in [0.2, 0.25) is 41.4 Å². The molecule has 26 nitrogen and oxygen atoms in total. The normalized spacial score (nSPS) is 24.8. The Kier molecular flexibility index (Phi) is 20.0. The third-order valence-corrected chi connectivity index (χ3v) is 14.5. The maximum atomic E-state index is 14.7. The van der Waals surface area contributed by atoms with Gasteiger partial charge in [0.05, 0.1) is 19.4 Å². The van der Waals surface area contributed by atoms with Crippen molar-refractivity contribution in [3.8, 4) is 0 Å². The number of hydrogen-bond acceptors (Lipinski definition) is 15. The van der Waals surface area contributed by atoms with Crippen LogP contribution in [-0.4, -0.2) is 166 Å². The highest BCUT2D eigenvalue weighted by atomic mass is 33.1. The molecule has 10 amide bonds. The molecule has 1 aromatic heterocycles. The number of carboxylic acid groups (broad SMARTS) is 1. The lowest BCUT2D eigenvalue weighted by molar-refractivity contribution is -0.139. The van der Waals surface area contributed by atoms with Crippen molar-refractivity contribution in [3.63, 3.8) is 0 Å². The number of nitrogens with zero attached hydrogens (tertiary/aromatic N) is 2. The van der Waals surface area contributed by atoms with Crippen LogP contribution in [0.1, 0.15) is 43.2 Å². The minimum atomic E-state index is -1.66. The number of hydrogen-bond donors (Lipinski definition) is 14. The first kappa shape index (κ1) is 55.4. The number of aliphatic carboxylic acids is 1. The summed E-state index contributed by atoms with van der Waals surface area (Å²) in [5.41, 5.74) is 13.2. The molecule has 4 heterocycles. The monoisotopic (exact) mass is 1060 g/mol. The average Bonchev–Trinajstić information content (AvgIpc) is 4.12. The van der Waals surface area contributed by atoms with Gasteiger partial charge < -0.3 is 69.4 Å². The van der Waals surface area contributed by atoms with Gasteiger partial charge in [0.1, 0.15) is 42.3 Å². The lowest BCUT2D eigenvalue weighted by Crippen LogP contribution is -2.61. The van der Waals surface area contributed by atoms with Gasteiger partial charge in [0.15, 0.2) is 5.96 Å². The van der Waals surface area contributed by atoms with Crippen molar-refractivity contribution in [3.05, 3.63) is 71.9 Å². The van der Waals surface area contributed by atoms with Crippen molar-refractivity contribution in [2.75, 3.05) is 31.1 Å². The zero-order valence-electron chi connectivity index (χ0n) is 39.9. The van der Waals surface area contributed by atoms with Crippen LogP contribution in [0, 0.1) is 5.41 Å². The van der Waals surface area contributed by atoms with Crippen LogP contribution >= 0.6 is 21.6 Å². The van der Waals surface area contributed by atoms with Crippen molar-refractivity contribution >= 4 is 104 Å². The van der Waals surface area contributed by atoms with Crippen LogP contribution < -0.4 is 59.3 Å². The molecule has 1 unspecified atom stereocenters. The van der Waals surface area contributed by atoms with Crippen LogP contribution in [-0.2, 0) is 56.0 Å². The number of para-hydroxylation sites is 1. The number of H-pyrrole nitrogens is 1. The number of nitrogens with two attached hydrogens (primary N) is 2. The van der Waals surface area contributed by atoms with Gasteiger partial charge >= 0.3 is 12.0 Å². The second-order valence-electron chi connectivity index (χ2n) is 17.5. The first-order valence-corrected chi connectivity index (χ1v) is 26.0. The van der Waals surface area contributed by atoms with Gasteiger partial charge in [-0.2, -0.15) is 0 Å². The molecule has 16 N–H and O–H groups in total. The van der Waals surface area contributed by atoms with E-state index in [0.29, 0.717) is 16.0 Å². The number of primary amides is 1. The molecule has 2 saturated heterocycles. The van der Waals surface area contributed by atoms with Crippen LogP contribution in [0.15, 0.2) is 65.8 Å². The van der Waals surface area contributed by atoms with E-state index >= 15 is 0 Å². The second kappa shape index (κ2) is 26.7. The Balaban J connectivity index is 1.40. The lowest BCUT2D eigenvalue weighted by Gasteiger charge is -2.29. The number of fused-ring (bicyclic) bond motifs is 1. The molecule has 6 rings (SSSR count). The number of urea groups is 1. The summed E-state index contributed by atoms with van der Waals surface area (Å²) < 4.78 is 0. The zero-order valence-corrected chi connectivity index (χ0v) is 41.5. The minimum absolute atomic E-state index is 0.0791. The molecule has 3 aromatic rings.